The maximum atomic E-state index is 10.7. The number of halogens is 1. The van der Waals surface area contributed by atoms with Gasteiger partial charge in [0, 0.05) is 6.61 Å². The van der Waals surface area contributed by atoms with Crippen LogP contribution in [0.15, 0.2) is 17.3 Å². The van der Waals surface area contributed by atoms with Gasteiger partial charge in [-0.05, 0) is 22.4 Å². The lowest BCUT2D eigenvalue weighted by molar-refractivity contribution is 0.127. The molecule has 1 atom stereocenters. The number of ether oxygens (including phenoxy) is 1. The zero-order valence-electron chi connectivity index (χ0n) is 10.8. The van der Waals surface area contributed by atoms with E-state index in [1.807, 2.05) is 0 Å². The number of imidazole rings is 1. The van der Waals surface area contributed by atoms with E-state index in [-0.39, 0.29) is 19.3 Å². The molecule has 0 saturated carbocycles. The molecule has 2 rings (SSSR count). The lowest BCUT2D eigenvalue weighted by Crippen LogP contribution is -2.15. The number of fused-ring (bicyclic) bond motifs is 1. The van der Waals surface area contributed by atoms with Crippen LogP contribution in [0.2, 0.25) is 0 Å². The Bertz CT molecular complexity index is 660. The van der Waals surface area contributed by atoms with E-state index in [4.69, 9.17) is 14.5 Å². The summed E-state index contributed by atoms with van der Waals surface area (Å²) in [4.78, 5) is 29.6. The van der Waals surface area contributed by atoms with Crippen LogP contribution in [-0.2, 0) is 9.30 Å². The molecule has 0 aliphatic heterocycles. The molecule has 2 aromatic rings. The Kier molecular flexibility index (Phi) is 5.42. The summed E-state index contributed by atoms with van der Waals surface area (Å²) < 4.78 is 17.8. The molecule has 2 aromatic heterocycles. The van der Waals surface area contributed by atoms with Crippen molar-refractivity contribution in [3.63, 3.8) is 0 Å². The lowest BCUT2D eigenvalue weighted by atomic mass is 10.2. The number of rotatable bonds is 7. The highest BCUT2D eigenvalue weighted by molar-refractivity contribution is 9.10. The molecule has 3 N–H and O–H groups in total. The number of nitrogens with zero attached hydrogens (tertiary/aromatic N) is 4. The fourth-order valence-electron chi connectivity index (χ4n) is 1.81. The predicted octanol–water partition coefficient (Wildman–Crippen LogP) is 0.664. The van der Waals surface area contributed by atoms with Crippen molar-refractivity contribution in [1.82, 2.24) is 19.5 Å². The van der Waals surface area contributed by atoms with E-state index < -0.39 is 13.9 Å². The van der Waals surface area contributed by atoms with Crippen LogP contribution in [-0.4, -0.2) is 54.0 Å². The van der Waals surface area contributed by atoms with E-state index in [0.717, 1.165) is 0 Å². The van der Waals surface area contributed by atoms with Crippen LogP contribution < -0.4 is 0 Å². The largest absolute Gasteiger partial charge is 0.394 e. The highest BCUT2D eigenvalue weighted by atomic mass is 79.9. The molecule has 0 amide bonds. The van der Waals surface area contributed by atoms with Crippen LogP contribution in [0.1, 0.15) is 12.5 Å². The zero-order chi connectivity index (χ0) is 15.5. The van der Waals surface area contributed by atoms with E-state index in [1.165, 1.54) is 12.7 Å². The minimum atomic E-state index is -4.17. The predicted molar refractivity (Wildman–Crippen MR) is 76.6 cm³/mol. The van der Waals surface area contributed by atoms with Gasteiger partial charge < -0.3 is 24.2 Å². The minimum Gasteiger partial charge on any atom is -0.394 e. The summed E-state index contributed by atoms with van der Waals surface area (Å²) >= 11 is 3.27. The normalized spacial score (nSPS) is 13.7. The summed E-state index contributed by atoms with van der Waals surface area (Å²) in [5.74, 6) is 0. The Morgan fingerprint density at radius 1 is 1.38 bits per heavy atom. The van der Waals surface area contributed by atoms with Gasteiger partial charge in [0.2, 0.25) is 0 Å². The number of hydrogen-bond acceptors (Lipinski definition) is 6. The molecule has 2 heterocycles. The van der Waals surface area contributed by atoms with Gasteiger partial charge in [-0.25, -0.2) is 15.0 Å². The second-order valence-electron chi connectivity index (χ2n) is 4.32. The SMILES string of the molecule is O=P(O)(O)COCCC(CO)n1cnc2c(Br)ncnc21. The second-order valence-corrected chi connectivity index (χ2v) is 6.65. The average molecular weight is 381 g/mol. The second kappa shape index (κ2) is 6.91. The van der Waals surface area contributed by atoms with Crippen molar-refractivity contribution in [2.75, 3.05) is 19.6 Å². The van der Waals surface area contributed by atoms with Crippen molar-refractivity contribution in [1.29, 1.82) is 0 Å². The Morgan fingerprint density at radius 2 is 2.14 bits per heavy atom. The maximum absolute atomic E-state index is 10.7. The van der Waals surface area contributed by atoms with E-state index in [0.29, 0.717) is 22.2 Å². The van der Waals surface area contributed by atoms with Gasteiger partial charge in [0.15, 0.2) is 5.65 Å². The molecule has 0 aliphatic rings. The third kappa shape index (κ3) is 4.29. The van der Waals surface area contributed by atoms with Gasteiger partial charge >= 0.3 is 7.60 Å². The molecule has 1 unspecified atom stereocenters. The fourth-order valence-corrected chi connectivity index (χ4v) is 2.55. The van der Waals surface area contributed by atoms with Gasteiger partial charge in [-0.15, -0.1) is 0 Å². The van der Waals surface area contributed by atoms with Crippen molar-refractivity contribution in [2.24, 2.45) is 0 Å². The molecule has 0 radical (unpaired) electrons. The van der Waals surface area contributed by atoms with Gasteiger partial charge in [0.25, 0.3) is 0 Å². The highest BCUT2D eigenvalue weighted by Crippen LogP contribution is 2.34. The first-order valence-electron chi connectivity index (χ1n) is 5.98. The van der Waals surface area contributed by atoms with E-state index in [2.05, 4.69) is 30.9 Å². The lowest BCUT2D eigenvalue weighted by Gasteiger charge is -2.16. The van der Waals surface area contributed by atoms with Gasteiger partial charge in [-0.1, -0.05) is 0 Å². The van der Waals surface area contributed by atoms with Crippen molar-refractivity contribution in [2.45, 2.75) is 12.5 Å². The number of hydrogen-bond donors (Lipinski definition) is 3. The summed E-state index contributed by atoms with van der Waals surface area (Å²) in [7, 11) is -4.17. The quantitative estimate of drug-likeness (QED) is 0.362. The Labute approximate surface area is 128 Å². The zero-order valence-corrected chi connectivity index (χ0v) is 13.3. The van der Waals surface area contributed by atoms with Crippen molar-refractivity contribution >= 4 is 34.7 Å². The van der Waals surface area contributed by atoms with Gasteiger partial charge in [-0.3, -0.25) is 4.57 Å². The average Bonchev–Trinajstić information content (AvgIpc) is 2.83. The first-order valence-corrected chi connectivity index (χ1v) is 8.57. The van der Waals surface area contributed by atoms with Crippen molar-refractivity contribution < 1.29 is 24.2 Å². The molecule has 0 aromatic carbocycles. The smallest absolute Gasteiger partial charge is 0.350 e. The molecule has 0 saturated heterocycles. The molecule has 9 nitrogen and oxygen atoms in total. The van der Waals surface area contributed by atoms with Gasteiger partial charge in [-0.2, -0.15) is 0 Å². The number of aromatic nitrogens is 4. The molecular formula is C10H14BrN4O5P. The topological polar surface area (TPSA) is 131 Å². The van der Waals surface area contributed by atoms with E-state index in [1.54, 1.807) is 4.57 Å². The van der Waals surface area contributed by atoms with Crippen LogP contribution in [0.25, 0.3) is 11.2 Å². The molecule has 21 heavy (non-hydrogen) atoms. The van der Waals surface area contributed by atoms with Gasteiger partial charge in [0.1, 0.15) is 22.8 Å². The Morgan fingerprint density at radius 3 is 2.81 bits per heavy atom. The summed E-state index contributed by atoms with van der Waals surface area (Å²) in [5, 5.41) is 9.47. The molecular weight excluding hydrogens is 367 g/mol. The van der Waals surface area contributed by atoms with Crippen molar-refractivity contribution in [3.8, 4) is 0 Å². The summed E-state index contributed by atoms with van der Waals surface area (Å²) in [6, 6.07) is -0.353. The Hall–Kier alpha value is -0.900. The Balaban J connectivity index is 2.06. The van der Waals surface area contributed by atoms with Crippen LogP contribution >= 0.6 is 23.5 Å². The minimum absolute atomic E-state index is 0.0995. The van der Waals surface area contributed by atoms with Crippen LogP contribution in [0.4, 0.5) is 0 Å². The first kappa shape index (κ1) is 16.5. The van der Waals surface area contributed by atoms with E-state index in [9.17, 15) is 9.67 Å². The summed E-state index contributed by atoms with van der Waals surface area (Å²) in [5.41, 5.74) is 1.14. The van der Waals surface area contributed by atoms with Crippen LogP contribution in [0.5, 0.6) is 0 Å². The van der Waals surface area contributed by atoms with Crippen molar-refractivity contribution in [3.05, 3.63) is 17.3 Å². The van der Waals surface area contributed by atoms with Crippen LogP contribution in [0, 0.1) is 0 Å². The standard InChI is InChI=1S/C10H14BrN4O5P/c11-9-8-10(13-4-12-9)15(5-14-8)7(3-16)1-2-20-6-21(17,18)19/h4-5,7,16H,1-3,6H2,(H2,17,18,19). The van der Waals surface area contributed by atoms with Crippen LogP contribution in [0.3, 0.4) is 0 Å². The monoisotopic (exact) mass is 380 g/mol. The first-order chi connectivity index (χ1) is 9.92. The maximum Gasteiger partial charge on any atom is 0.350 e. The molecule has 0 spiro atoms. The summed E-state index contributed by atoms with van der Waals surface area (Å²) in [6.07, 6.45) is 2.64. The molecule has 0 aliphatic carbocycles. The van der Waals surface area contributed by atoms with Gasteiger partial charge in [0.05, 0.1) is 19.0 Å². The van der Waals surface area contributed by atoms with E-state index >= 15 is 0 Å². The number of aliphatic hydroxyl groups excluding tert-OH is 1. The summed E-state index contributed by atoms with van der Waals surface area (Å²) in [6.45, 7) is -0.0748. The third-order valence-corrected chi connectivity index (χ3v) is 3.87. The third-order valence-electron chi connectivity index (χ3n) is 2.77. The molecule has 116 valence electrons. The molecule has 0 fully saturated rings. The highest BCUT2D eigenvalue weighted by Gasteiger charge is 2.17. The fraction of sp³-hybridized carbons (Fsp3) is 0.500. The molecule has 0 bridgehead atoms. The molecule has 11 heteroatoms. The number of aliphatic hydroxyl groups is 1.